The van der Waals surface area contributed by atoms with E-state index < -0.39 is 21.8 Å². The summed E-state index contributed by atoms with van der Waals surface area (Å²) < 4.78 is 46.5. The van der Waals surface area contributed by atoms with Crippen LogP contribution in [-0.4, -0.2) is 60.2 Å². The maximum absolute atomic E-state index is 13.4. The van der Waals surface area contributed by atoms with Crippen LogP contribution in [-0.2, 0) is 21.3 Å². The van der Waals surface area contributed by atoms with Gasteiger partial charge in [-0.1, -0.05) is 12.1 Å². The predicted octanol–water partition coefficient (Wildman–Crippen LogP) is 1.59. The van der Waals surface area contributed by atoms with Crippen LogP contribution in [0.15, 0.2) is 35.5 Å². The molecule has 26 heavy (non-hydrogen) atoms. The van der Waals surface area contributed by atoms with Gasteiger partial charge in [0.2, 0.25) is 5.03 Å². The van der Waals surface area contributed by atoms with Crippen molar-refractivity contribution in [3.8, 4) is 0 Å². The number of carbonyl (C=O) groups is 1. The number of rotatable bonds is 5. The first kappa shape index (κ1) is 18.9. The molecule has 0 aliphatic carbocycles. The second-order valence-electron chi connectivity index (χ2n) is 5.68. The highest BCUT2D eigenvalue weighted by Gasteiger charge is 2.34. The van der Waals surface area contributed by atoms with Crippen molar-refractivity contribution in [1.29, 1.82) is 0 Å². The van der Waals surface area contributed by atoms with Crippen molar-refractivity contribution in [2.45, 2.75) is 11.6 Å². The molecule has 3 rings (SSSR count). The fraction of sp³-hybridized carbons (Fsp3) is 0.375. The first-order valence-electron chi connectivity index (χ1n) is 7.90. The average molecular weight is 399 g/mol. The number of esters is 1. The molecule has 1 aliphatic heterocycles. The SMILES string of the molecule is COC(=O)c1cn(Cc2cccc(F)c2)nc1S(=O)(=O)N1CCSCC1. The molecule has 1 saturated heterocycles. The lowest BCUT2D eigenvalue weighted by Crippen LogP contribution is -2.38. The number of nitrogens with zero attached hydrogens (tertiary/aromatic N) is 3. The average Bonchev–Trinajstić information content (AvgIpc) is 3.06. The molecule has 2 aromatic rings. The van der Waals surface area contributed by atoms with Crippen LogP contribution in [0.25, 0.3) is 0 Å². The van der Waals surface area contributed by atoms with E-state index in [0.29, 0.717) is 30.2 Å². The van der Waals surface area contributed by atoms with Gasteiger partial charge in [0, 0.05) is 30.8 Å². The van der Waals surface area contributed by atoms with E-state index in [9.17, 15) is 17.6 Å². The summed E-state index contributed by atoms with van der Waals surface area (Å²) >= 11 is 1.67. The van der Waals surface area contributed by atoms with E-state index in [1.165, 1.54) is 34.4 Å². The van der Waals surface area contributed by atoms with Crippen molar-refractivity contribution in [2.24, 2.45) is 0 Å². The number of methoxy groups -OCH3 is 1. The van der Waals surface area contributed by atoms with E-state index in [1.807, 2.05) is 0 Å². The Morgan fingerprint density at radius 1 is 1.35 bits per heavy atom. The van der Waals surface area contributed by atoms with Gasteiger partial charge in [0.25, 0.3) is 10.0 Å². The third-order valence-electron chi connectivity index (χ3n) is 3.92. The smallest absolute Gasteiger partial charge is 0.342 e. The molecule has 7 nitrogen and oxygen atoms in total. The second-order valence-corrected chi connectivity index (χ2v) is 8.76. The number of carbonyl (C=O) groups excluding carboxylic acids is 1. The summed E-state index contributed by atoms with van der Waals surface area (Å²) in [6.07, 6.45) is 1.32. The summed E-state index contributed by atoms with van der Waals surface area (Å²) in [5.41, 5.74) is 0.476. The summed E-state index contributed by atoms with van der Waals surface area (Å²) in [6.45, 7) is 0.863. The molecule has 0 unspecified atom stereocenters. The van der Waals surface area contributed by atoms with Gasteiger partial charge in [0.1, 0.15) is 11.4 Å². The van der Waals surface area contributed by atoms with Crippen LogP contribution in [0, 0.1) is 5.82 Å². The van der Waals surface area contributed by atoms with Crippen LogP contribution in [0.2, 0.25) is 0 Å². The number of thioether (sulfide) groups is 1. The number of hydrogen-bond donors (Lipinski definition) is 0. The number of sulfonamides is 1. The highest BCUT2D eigenvalue weighted by Crippen LogP contribution is 2.23. The summed E-state index contributed by atoms with van der Waals surface area (Å²) in [5.74, 6) is 0.204. The van der Waals surface area contributed by atoms with Gasteiger partial charge in [-0.2, -0.15) is 21.2 Å². The molecule has 1 aliphatic rings. The minimum Gasteiger partial charge on any atom is -0.465 e. The summed E-state index contributed by atoms with van der Waals surface area (Å²) in [4.78, 5) is 12.1. The number of ether oxygens (including phenoxy) is 1. The summed E-state index contributed by atoms with van der Waals surface area (Å²) in [6, 6.07) is 5.89. The van der Waals surface area contributed by atoms with Crippen molar-refractivity contribution in [2.75, 3.05) is 31.7 Å². The quantitative estimate of drug-likeness (QED) is 0.711. The maximum Gasteiger partial charge on any atom is 0.342 e. The Morgan fingerprint density at radius 2 is 2.08 bits per heavy atom. The largest absolute Gasteiger partial charge is 0.465 e. The first-order chi connectivity index (χ1) is 12.4. The lowest BCUT2D eigenvalue weighted by atomic mass is 10.2. The van der Waals surface area contributed by atoms with Gasteiger partial charge in [0.15, 0.2) is 0 Å². The zero-order valence-electron chi connectivity index (χ0n) is 14.1. The summed E-state index contributed by atoms with van der Waals surface area (Å²) in [7, 11) is -2.73. The van der Waals surface area contributed by atoms with Gasteiger partial charge in [0.05, 0.1) is 13.7 Å². The van der Waals surface area contributed by atoms with E-state index in [2.05, 4.69) is 5.10 Å². The van der Waals surface area contributed by atoms with Crippen molar-refractivity contribution < 1.29 is 22.3 Å². The van der Waals surface area contributed by atoms with E-state index in [-0.39, 0.29) is 17.1 Å². The second kappa shape index (κ2) is 7.77. The third kappa shape index (κ3) is 3.92. The molecule has 0 N–H and O–H groups in total. The van der Waals surface area contributed by atoms with E-state index in [0.717, 1.165) is 0 Å². The molecular formula is C16H18FN3O4S2. The lowest BCUT2D eigenvalue weighted by molar-refractivity contribution is 0.0596. The standard InChI is InChI=1S/C16H18FN3O4S2/c1-24-16(21)14-11-19(10-12-3-2-4-13(17)9-12)18-15(14)26(22,23)20-5-7-25-8-6-20/h2-4,9,11H,5-8,10H2,1H3. The molecule has 0 atom stereocenters. The number of aromatic nitrogens is 2. The van der Waals surface area contributed by atoms with Crippen LogP contribution in [0.3, 0.4) is 0 Å². The van der Waals surface area contributed by atoms with Crippen LogP contribution in [0.5, 0.6) is 0 Å². The molecule has 2 heterocycles. The Morgan fingerprint density at radius 3 is 2.73 bits per heavy atom. The van der Waals surface area contributed by atoms with Gasteiger partial charge in [-0.15, -0.1) is 0 Å². The number of benzene rings is 1. The normalized spacial score (nSPS) is 15.8. The van der Waals surface area contributed by atoms with Gasteiger partial charge >= 0.3 is 5.97 Å². The van der Waals surface area contributed by atoms with Crippen LogP contribution >= 0.6 is 11.8 Å². The highest BCUT2D eigenvalue weighted by molar-refractivity contribution is 7.99. The Balaban J connectivity index is 1.98. The molecule has 0 saturated carbocycles. The van der Waals surface area contributed by atoms with Crippen molar-refractivity contribution in [3.05, 3.63) is 47.4 Å². The molecule has 0 bridgehead atoms. The fourth-order valence-electron chi connectivity index (χ4n) is 2.66. The molecule has 0 spiro atoms. The fourth-order valence-corrected chi connectivity index (χ4v) is 5.32. The molecule has 0 amide bonds. The van der Waals surface area contributed by atoms with E-state index in [1.54, 1.807) is 23.9 Å². The molecular weight excluding hydrogens is 381 g/mol. The zero-order chi connectivity index (χ0) is 18.7. The minimum atomic E-state index is -3.91. The molecule has 0 radical (unpaired) electrons. The molecule has 1 aromatic carbocycles. The number of hydrogen-bond acceptors (Lipinski definition) is 6. The van der Waals surface area contributed by atoms with Gasteiger partial charge in [-0.05, 0) is 17.7 Å². The monoisotopic (exact) mass is 399 g/mol. The maximum atomic E-state index is 13.4. The summed E-state index contributed by atoms with van der Waals surface area (Å²) in [5, 5.41) is 3.78. The van der Waals surface area contributed by atoms with Crippen LogP contribution < -0.4 is 0 Å². The predicted molar refractivity (Wildman–Crippen MR) is 95.2 cm³/mol. The van der Waals surface area contributed by atoms with Crippen LogP contribution in [0.4, 0.5) is 4.39 Å². The minimum absolute atomic E-state index is 0.123. The zero-order valence-corrected chi connectivity index (χ0v) is 15.7. The molecule has 1 aromatic heterocycles. The first-order valence-corrected chi connectivity index (χ1v) is 10.5. The highest BCUT2D eigenvalue weighted by atomic mass is 32.2. The van der Waals surface area contributed by atoms with Gasteiger partial charge < -0.3 is 4.74 Å². The van der Waals surface area contributed by atoms with Gasteiger partial charge in [-0.25, -0.2) is 17.6 Å². The van der Waals surface area contributed by atoms with Crippen molar-refractivity contribution in [3.63, 3.8) is 0 Å². The molecule has 10 heteroatoms. The van der Waals surface area contributed by atoms with Gasteiger partial charge in [-0.3, -0.25) is 4.68 Å². The Kier molecular flexibility index (Phi) is 5.64. The van der Waals surface area contributed by atoms with E-state index >= 15 is 0 Å². The molecule has 1 fully saturated rings. The lowest BCUT2D eigenvalue weighted by Gasteiger charge is -2.24. The Bertz CT molecular complexity index is 908. The van der Waals surface area contributed by atoms with E-state index in [4.69, 9.17) is 4.74 Å². The van der Waals surface area contributed by atoms with Crippen LogP contribution in [0.1, 0.15) is 15.9 Å². The number of halogens is 1. The topological polar surface area (TPSA) is 81.5 Å². The van der Waals surface area contributed by atoms with Crippen molar-refractivity contribution >= 4 is 27.8 Å². The van der Waals surface area contributed by atoms with Crippen molar-refractivity contribution in [1.82, 2.24) is 14.1 Å². The molecule has 140 valence electrons. The third-order valence-corrected chi connectivity index (χ3v) is 6.70. The Hall–Kier alpha value is -1.91. The Labute approximate surface area is 155 Å².